The second-order valence-electron chi connectivity index (χ2n) is 7.10. The fourth-order valence-corrected chi connectivity index (χ4v) is 4.32. The Balaban J connectivity index is 0.00000182. The lowest BCUT2D eigenvalue weighted by Crippen LogP contribution is -2.43. The Hall–Kier alpha value is -1.84. The quantitative estimate of drug-likeness (QED) is 0.881. The second kappa shape index (κ2) is 7.19. The normalized spacial score (nSPS) is 21.8. The number of benzene rings is 2. The molecule has 4 heteroatoms. The molecule has 1 N–H and O–H groups in total. The van der Waals surface area contributed by atoms with Crippen LogP contribution >= 0.6 is 12.4 Å². The zero-order chi connectivity index (χ0) is 16.7. The minimum atomic E-state index is 0. The maximum absolute atomic E-state index is 13.1. The van der Waals surface area contributed by atoms with Crippen molar-refractivity contribution < 1.29 is 4.79 Å². The maximum atomic E-state index is 13.1. The third-order valence-electron chi connectivity index (χ3n) is 5.51. The van der Waals surface area contributed by atoms with Crippen LogP contribution in [0, 0.1) is 5.92 Å². The number of carbonyl (C=O) groups is 1. The van der Waals surface area contributed by atoms with E-state index in [4.69, 9.17) is 0 Å². The third-order valence-corrected chi connectivity index (χ3v) is 5.51. The minimum Gasteiger partial charge on any atom is -0.334 e. The smallest absolute Gasteiger partial charge is 0.226 e. The highest BCUT2D eigenvalue weighted by Crippen LogP contribution is 2.46. The van der Waals surface area contributed by atoms with Gasteiger partial charge in [-0.15, -0.1) is 12.4 Å². The Bertz CT molecular complexity index is 730. The molecular formula is C21H25ClN2O. The van der Waals surface area contributed by atoms with Crippen LogP contribution in [-0.2, 0) is 4.79 Å². The van der Waals surface area contributed by atoms with Crippen molar-refractivity contribution in [1.29, 1.82) is 0 Å². The van der Waals surface area contributed by atoms with E-state index in [-0.39, 0.29) is 30.3 Å². The van der Waals surface area contributed by atoms with Gasteiger partial charge in [-0.3, -0.25) is 4.79 Å². The van der Waals surface area contributed by atoms with E-state index < -0.39 is 0 Å². The summed E-state index contributed by atoms with van der Waals surface area (Å²) in [5.41, 5.74) is 5.01. The number of carbonyl (C=O) groups excluding carboxylic acids is 1. The first-order valence-electron chi connectivity index (χ1n) is 8.85. The number of rotatable bonds is 2. The summed E-state index contributed by atoms with van der Waals surface area (Å²) in [7, 11) is 1.97. The van der Waals surface area contributed by atoms with E-state index in [1.54, 1.807) is 0 Å². The van der Waals surface area contributed by atoms with Crippen molar-refractivity contribution in [2.75, 3.05) is 13.6 Å². The summed E-state index contributed by atoms with van der Waals surface area (Å²) in [4.78, 5) is 15.1. The zero-order valence-electron chi connectivity index (χ0n) is 14.7. The minimum absolute atomic E-state index is 0. The molecule has 2 atom stereocenters. The van der Waals surface area contributed by atoms with Gasteiger partial charge >= 0.3 is 0 Å². The highest BCUT2D eigenvalue weighted by Gasteiger charge is 2.36. The Morgan fingerprint density at radius 2 is 1.60 bits per heavy atom. The Kier molecular flexibility index (Phi) is 5.16. The van der Waals surface area contributed by atoms with Gasteiger partial charge in [-0.2, -0.15) is 0 Å². The molecule has 1 amide bonds. The van der Waals surface area contributed by atoms with Gasteiger partial charge in [0, 0.05) is 19.0 Å². The molecular weight excluding hydrogens is 332 g/mol. The van der Waals surface area contributed by atoms with Crippen molar-refractivity contribution in [3.63, 3.8) is 0 Å². The molecule has 3 nitrogen and oxygen atoms in total. The number of amides is 1. The Morgan fingerprint density at radius 3 is 2.16 bits per heavy atom. The lowest BCUT2D eigenvalue weighted by Gasteiger charge is -2.33. The Labute approximate surface area is 155 Å². The summed E-state index contributed by atoms with van der Waals surface area (Å²) < 4.78 is 0. The molecule has 132 valence electrons. The van der Waals surface area contributed by atoms with E-state index in [1.165, 1.54) is 22.3 Å². The van der Waals surface area contributed by atoms with Crippen LogP contribution in [0.5, 0.6) is 0 Å². The third kappa shape index (κ3) is 3.07. The SMILES string of the molecule is C[C@H]1C[C@@H](C(=O)N(C)C2c3ccccc3-c3ccccc32)CCN1.Cl. The molecule has 0 bridgehead atoms. The van der Waals surface area contributed by atoms with Crippen molar-refractivity contribution in [1.82, 2.24) is 10.2 Å². The molecule has 0 radical (unpaired) electrons. The second-order valence-corrected chi connectivity index (χ2v) is 7.10. The molecule has 4 rings (SSSR count). The van der Waals surface area contributed by atoms with Crippen molar-refractivity contribution in [3.05, 3.63) is 59.7 Å². The van der Waals surface area contributed by atoms with Gasteiger partial charge in [-0.05, 0) is 48.6 Å². The van der Waals surface area contributed by atoms with Crippen LogP contribution in [-0.4, -0.2) is 30.4 Å². The van der Waals surface area contributed by atoms with Crippen molar-refractivity contribution in [3.8, 4) is 11.1 Å². The van der Waals surface area contributed by atoms with E-state index in [9.17, 15) is 4.79 Å². The predicted molar refractivity (Wildman–Crippen MR) is 104 cm³/mol. The van der Waals surface area contributed by atoms with Crippen LogP contribution in [0.3, 0.4) is 0 Å². The van der Waals surface area contributed by atoms with Crippen LogP contribution in [0.4, 0.5) is 0 Å². The lowest BCUT2D eigenvalue weighted by atomic mass is 9.91. The number of hydrogen-bond donors (Lipinski definition) is 1. The van der Waals surface area contributed by atoms with Crippen LogP contribution in [0.15, 0.2) is 48.5 Å². The molecule has 0 aromatic heterocycles. The molecule has 2 aromatic rings. The van der Waals surface area contributed by atoms with Gasteiger partial charge in [-0.1, -0.05) is 48.5 Å². The van der Waals surface area contributed by atoms with Crippen molar-refractivity contribution in [2.24, 2.45) is 5.92 Å². The van der Waals surface area contributed by atoms with Crippen molar-refractivity contribution in [2.45, 2.75) is 31.8 Å². The molecule has 1 fully saturated rings. The number of nitrogens with one attached hydrogen (secondary N) is 1. The van der Waals surface area contributed by atoms with Crippen LogP contribution < -0.4 is 5.32 Å². The molecule has 0 spiro atoms. The van der Waals surface area contributed by atoms with Gasteiger partial charge < -0.3 is 10.2 Å². The molecule has 1 saturated heterocycles. The number of hydrogen-bond acceptors (Lipinski definition) is 2. The molecule has 0 unspecified atom stereocenters. The summed E-state index contributed by atoms with van der Waals surface area (Å²) in [6.45, 7) is 3.10. The summed E-state index contributed by atoms with van der Waals surface area (Å²) in [5, 5.41) is 3.44. The number of piperidine rings is 1. The predicted octanol–water partition coefficient (Wildman–Crippen LogP) is 4.02. The molecule has 2 aliphatic rings. The van der Waals surface area contributed by atoms with Gasteiger partial charge in [0.1, 0.15) is 0 Å². The lowest BCUT2D eigenvalue weighted by molar-refractivity contribution is -0.136. The van der Waals surface area contributed by atoms with Gasteiger partial charge in [-0.25, -0.2) is 0 Å². The summed E-state index contributed by atoms with van der Waals surface area (Å²) in [6.07, 6.45) is 1.86. The Morgan fingerprint density at radius 1 is 1.04 bits per heavy atom. The van der Waals surface area contributed by atoms with Gasteiger partial charge in [0.2, 0.25) is 5.91 Å². The van der Waals surface area contributed by atoms with E-state index in [0.29, 0.717) is 6.04 Å². The van der Waals surface area contributed by atoms with E-state index >= 15 is 0 Å². The van der Waals surface area contributed by atoms with Gasteiger partial charge in [0.25, 0.3) is 0 Å². The summed E-state index contributed by atoms with van der Waals surface area (Å²) >= 11 is 0. The van der Waals surface area contributed by atoms with Gasteiger partial charge in [0.15, 0.2) is 0 Å². The molecule has 1 aliphatic carbocycles. The van der Waals surface area contributed by atoms with E-state index in [2.05, 4.69) is 60.8 Å². The van der Waals surface area contributed by atoms with Crippen LogP contribution in [0.2, 0.25) is 0 Å². The molecule has 0 saturated carbocycles. The van der Waals surface area contributed by atoms with Crippen LogP contribution in [0.1, 0.15) is 36.9 Å². The average molecular weight is 357 g/mol. The summed E-state index contributed by atoms with van der Waals surface area (Å²) in [6, 6.07) is 17.4. The number of nitrogens with zero attached hydrogens (tertiary/aromatic N) is 1. The monoisotopic (exact) mass is 356 g/mol. The molecule has 1 aliphatic heterocycles. The fourth-order valence-electron chi connectivity index (χ4n) is 4.32. The first kappa shape index (κ1) is 18.0. The topological polar surface area (TPSA) is 32.3 Å². The fraction of sp³-hybridized carbons (Fsp3) is 0.381. The zero-order valence-corrected chi connectivity index (χ0v) is 15.6. The standard InChI is InChI=1S/C21H24N2O.ClH/c1-14-13-15(11-12-22-14)21(24)23(2)20-18-9-5-3-7-16(18)17-8-4-6-10-19(17)20;/h3-10,14-15,20,22H,11-13H2,1-2H3;1H/t14-,15-;/m0./s1. The van der Waals surface area contributed by atoms with E-state index in [0.717, 1.165) is 19.4 Å². The molecule has 2 aromatic carbocycles. The first-order chi connectivity index (χ1) is 11.7. The van der Waals surface area contributed by atoms with Crippen molar-refractivity contribution >= 4 is 18.3 Å². The number of halogens is 1. The molecule has 1 heterocycles. The average Bonchev–Trinajstić information content (AvgIpc) is 2.95. The van der Waals surface area contributed by atoms with Gasteiger partial charge in [0.05, 0.1) is 6.04 Å². The first-order valence-corrected chi connectivity index (χ1v) is 8.85. The highest BCUT2D eigenvalue weighted by molar-refractivity contribution is 5.85. The van der Waals surface area contributed by atoms with E-state index in [1.807, 2.05) is 11.9 Å². The van der Waals surface area contributed by atoms with Crippen LogP contribution in [0.25, 0.3) is 11.1 Å². The highest BCUT2D eigenvalue weighted by atomic mass is 35.5. The summed E-state index contributed by atoms with van der Waals surface area (Å²) in [5.74, 6) is 0.408. The maximum Gasteiger partial charge on any atom is 0.226 e. The number of fused-ring (bicyclic) bond motifs is 3. The largest absolute Gasteiger partial charge is 0.334 e. The molecule has 25 heavy (non-hydrogen) atoms.